The summed E-state index contributed by atoms with van der Waals surface area (Å²) in [4.78, 5) is 38.3. The Labute approximate surface area is 145 Å². The number of imide groups is 1. The van der Waals surface area contributed by atoms with Crippen LogP contribution < -0.4 is 10.6 Å². The van der Waals surface area contributed by atoms with Crippen molar-refractivity contribution in [2.45, 2.75) is 45.1 Å². The van der Waals surface area contributed by atoms with Crippen molar-refractivity contribution in [3.8, 4) is 0 Å². The number of amides is 4. The van der Waals surface area contributed by atoms with Crippen LogP contribution in [0.15, 0.2) is 18.2 Å². The van der Waals surface area contributed by atoms with Crippen LogP contribution in [-0.2, 0) is 9.59 Å². The third-order valence-corrected chi connectivity index (χ3v) is 5.27. The summed E-state index contributed by atoms with van der Waals surface area (Å²) in [5, 5.41) is 5.44. The Morgan fingerprint density at radius 2 is 2.16 bits per heavy atom. The molecule has 1 aliphatic heterocycles. The van der Waals surface area contributed by atoms with Crippen molar-refractivity contribution < 1.29 is 18.8 Å². The predicted molar refractivity (Wildman–Crippen MR) is 90.4 cm³/mol. The van der Waals surface area contributed by atoms with Gasteiger partial charge in [0, 0.05) is 5.69 Å². The van der Waals surface area contributed by atoms with E-state index >= 15 is 0 Å². The maximum atomic E-state index is 13.1. The van der Waals surface area contributed by atoms with E-state index in [1.165, 1.54) is 18.2 Å². The molecule has 2 aliphatic rings. The van der Waals surface area contributed by atoms with E-state index in [2.05, 4.69) is 10.6 Å². The van der Waals surface area contributed by atoms with E-state index in [9.17, 15) is 18.8 Å². The van der Waals surface area contributed by atoms with E-state index in [1.807, 2.05) is 6.92 Å². The molecule has 7 heteroatoms. The minimum absolute atomic E-state index is 0.0464. The Morgan fingerprint density at radius 1 is 1.40 bits per heavy atom. The standard InChI is InChI=1S/C18H22FN3O3/c1-11-9-13(19)6-7-14(11)20-15(23)10-22-16(24)18(21-17(22)25)8-4-3-5-12(18)2/h6-7,9,12H,3-5,8,10H2,1-2H3,(H,20,23)(H,21,25). The summed E-state index contributed by atoms with van der Waals surface area (Å²) >= 11 is 0. The van der Waals surface area contributed by atoms with Gasteiger partial charge in [-0.2, -0.15) is 0 Å². The van der Waals surface area contributed by atoms with Crippen LogP contribution in [-0.4, -0.2) is 34.8 Å². The number of hydrogen-bond acceptors (Lipinski definition) is 3. The number of benzene rings is 1. The zero-order chi connectivity index (χ0) is 18.2. The van der Waals surface area contributed by atoms with Crippen LogP contribution in [0, 0.1) is 18.7 Å². The highest BCUT2D eigenvalue weighted by Gasteiger charge is 2.55. The first-order chi connectivity index (χ1) is 11.8. The first-order valence-electron chi connectivity index (χ1n) is 8.53. The van der Waals surface area contributed by atoms with Crippen molar-refractivity contribution in [3.05, 3.63) is 29.6 Å². The molecular weight excluding hydrogens is 325 g/mol. The maximum absolute atomic E-state index is 13.1. The molecule has 1 saturated carbocycles. The molecule has 0 aromatic heterocycles. The number of hydrogen-bond donors (Lipinski definition) is 2. The average molecular weight is 347 g/mol. The highest BCUT2D eigenvalue weighted by atomic mass is 19.1. The second-order valence-electron chi connectivity index (χ2n) is 6.95. The van der Waals surface area contributed by atoms with Gasteiger partial charge in [0.2, 0.25) is 5.91 Å². The van der Waals surface area contributed by atoms with Gasteiger partial charge in [0.15, 0.2) is 0 Å². The summed E-state index contributed by atoms with van der Waals surface area (Å²) in [6.45, 7) is 3.28. The minimum atomic E-state index is -0.874. The van der Waals surface area contributed by atoms with Gasteiger partial charge in [0.25, 0.3) is 5.91 Å². The predicted octanol–water partition coefficient (Wildman–Crippen LogP) is 2.57. The second kappa shape index (κ2) is 6.46. The van der Waals surface area contributed by atoms with Crippen molar-refractivity contribution in [1.82, 2.24) is 10.2 Å². The van der Waals surface area contributed by atoms with Gasteiger partial charge >= 0.3 is 6.03 Å². The molecule has 0 radical (unpaired) electrons. The minimum Gasteiger partial charge on any atom is -0.324 e. The summed E-state index contributed by atoms with van der Waals surface area (Å²) in [6.07, 6.45) is 3.40. The molecule has 4 amide bonds. The number of anilines is 1. The molecule has 2 atom stereocenters. The number of nitrogens with one attached hydrogen (secondary N) is 2. The van der Waals surface area contributed by atoms with Crippen molar-refractivity contribution >= 4 is 23.5 Å². The molecule has 3 rings (SSSR count). The molecule has 2 N–H and O–H groups in total. The van der Waals surface area contributed by atoms with Crippen molar-refractivity contribution in [2.24, 2.45) is 5.92 Å². The maximum Gasteiger partial charge on any atom is 0.325 e. The van der Waals surface area contributed by atoms with E-state index in [1.54, 1.807) is 6.92 Å². The molecule has 1 heterocycles. The molecular formula is C18H22FN3O3. The van der Waals surface area contributed by atoms with Crippen molar-refractivity contribution in [2.75, 3.05) is 11.9 Å². The smallest absolute Gasteiger partial charge is 0.324 e. The zero-order valence-corrected chi connectivity index (χ0v) is 14.4. The van der Waals surface area contributed by atoms with E-state index < -0.39 is 23.3 Å². The molecule has 2 fully saturated rings. The highest BCUT2D eigenvalue weighted by molar-refractivity contribution is 6.10. The van der Waals surface area contributed by atoms with Crippen LogP contribution in [0.3, 0.4) is 0 Å². The van der Waals surface area contributed by atoms with Gasteiger partial charge in [-0.3, -0.25) is 14.5 Å². The summed E-state index contributed by atoms with van der Waals surface area (Å²) in [7, 11) is 0. The topological polar surface area (TPSA) is 78.5 Å². The third-order valence-electron chi connectivity index (χ3n) is 5.27. The van der Waals surface area contributed by atoms with Crippen LogP contribution in [0.25, 0.3) is 0 Å². The monoisotopic (exact) mass is 347 g/mol. The number of carbonyl (C=O) groups is 3. The number of halogens is 1. The summed E-state index contributed by atoms with van der Waals surface area (Å²) in [5.41, 5.74) is 0.156. The van der Waals surface area contributed by atoms with Crippen LogP contribution in [0.5, 0.6) is 0 Å². The first kappa shape index (κ1) is 17.4. The number of carbonyl (C=O) groups excluding carboxylic acids is 3. The molecule has 1 spiro atoms. The van der Waals surface area contributed by atoms with Gasteiger partial charge in [-0.15, -0.1) is 0 Å². The second-order valence-corrected chi connectivity index (χ2v) is 6.95. The molecule has 2 unspecified atom stereocenters. The van der Waals surface area contributed by atoms with Crippen LogP contribution >= 0.6 is 0 Å². The molecule has 1 saturated heterocycles. The summed E-state index contributed by atoms with van der Waals surface area (Å²) < 4.78 is 13.1. The Kier molecular flexibility index (Phi) is 4.49. The van der Waals surface area contributed by atoms with Gasteiger partial charge in [-0.1, -0.05) is 19.8 Å². The quantitative estimate of drug-likeness (QED) is 0.825. The van der Waals surface area contributed by atoms with E-state index in [0.29, 0.717) is 17.7 Å². The molecule has 6 nitrogen and oxygen atoms in total. The zero-order valence-electron chi connectivity index (χ0n) is 14.4. The fourth-order valence-electron chi connectivity index (χ4n) is 3.74. The third kappa shape index (κ3) is 3.10. The van der Waals surface area contributed by atoms with Gasteiger partial charge in [-0.05, 0) is 49.4 Å². The molecule has 1 aliphatic carbocycles. The molecule has 25 heavy (non-hydrogen) atoms. The SMILES string of the molecule is Cc1cc(F)ccc1NC(=O)CN1C(=O)NC2(CCCCC2C)C1=O. The number of aryl methyl sites for hydroxylation is 1. The molecule has 134 valence electrons. The highest BCUT2D eigenvalue weighted by Crippen LogP contribution is 2.38. The van der Waals surface area contributed by atoms with Crippen molar-refractivity contribution in [3.63, 3.8) is 0 Å². The van der Waals surface area contributed by atoms with Crippen molar-refractivity contribution in [1.29, 1.82) is 0 Å². The Hall–Kier alpha value is -2.44. The Morgan fingerprint density at radius 3 is 2.84 bits per heavy atom. The lowest BCUT2D eigenvalue weighted by atomic mass is 9.73. The van der Waals surface area contributed by atoms with Gasteiger partial charge < -0.3 is 10.6 Å². The molecule has 1 aromatic rings. The summed E-state index contributed by atoms with van der Waals surface area (Å²) in [5.74, 6) is -1.16. The lowest BCUT2D eigenvalue weighted by Gasteiger charge is -2.36. The van der Waals surface area contributed by atoms with Crippen LogP contribution in [0.2, 0.25) is 0 Å². The van der Waals surface area contributed by atoms with Crippen LogP contribution in [0.4, 0.5) is 14.9 Å². The molecule has 0 bridgehead atoms. The number of urea groups is 1. The largest absolute Gasteiger partial charge is 0.325 e. The Balaban J connectivity index is 1.71. The van der Waals surface area contributed by atoms with E-state index in [0.717, 1.165) is 24.2 Å². The van der Waals surface area contributed by atoms with Crippen LogP contribution in [0.1, 0.15) is 38.2 Å². The van der Waals surface area contributed by atoms with Gasteiger partial charge in [-0.25, -0.2) is 9.18 Å². The molecule has 1 aromatic carbocycles. The lowest BCUT2D eigenvalue weighted by Crippen LogP contribution is -2.54. The lowest BCUT2D eigenvalue weighted by molar-refractivity contribution is -0.136. The van der Waals surface area contributed by atoms with E-state index in [-0.39, 0.29) is 18.4 Å². The fraction of sp³-hybridized carbons (Fsp3) is 0.500. The Bertz CT molecular complexity index is 736. The van der Waals surface area contributed by atoms with E-state index in [4.69, 9.17) is 0 Å². The first-order valence-corrected chi connectivity index (χ1v) is 8.53. The van der Waals surface area contributed by atoms with Gasteiger partial charge in [0.1, 0.15) is 17.9 Å². The van der Waals surface area contributed by atoms with Gasteiger partial charge in [0.05, 0.1) is 0 Å². The average Bonchev–Trinajstić information content (AvgIpc) is 2.78. The number of rotatable bonds is 3. The normalized spacial score (nSPS) is 26.0. The summed E-state index contributed by atoms with van der Waals surface area (Å²) in [6, 6.07) is 3.49. The fourth-order valence-corrected chi connectivity index (χ4v) is 3.74. The number of nitrogens with zero attached hydrogens (tertiary/aromatic N) is 1.